The van der Waals surface area contributed by atoms with Crippen molar-refractivity contribution in [2.45, 2.75) is 0 Å². The van der Waals surface area contributed by atoms with Crippen molar-refractivity contribution in [3.8, 4) is 6.07 Å². The van der Waals surface area contributed by atoms with E-state index in [1.165, 1.54) is 6.20 Å². The fourth-order valence-corrected chi connectivity index (χ4v) is 1.38. The van der Waals surface area contributed by atoms with Gasteiger partial charge in [0.05, 0.1) is 0 Å². The second-order valence-corrected chi connectivity index (χ2v) is 3.34. The molecule has 1 heterocycles. The molecule has 2 N–H and O–H groups in total. The van der Waals surface area contributed by atoms with Crippen LogP contribution in [0.5, 0.6) is 0 Å². The Morgan fingerprint density at radius 3 is 2.94 bits per heavy atom. The van der Waals surface area contributed by atoms with Crippen molar-refractivity contribution in [2.75, 3.05) is 5.32 Å². The van der Waals surface area contributed by atoms with Crippen LogP contribution >= 0.6 is 0 Å². The van der Waals surface area contributed by atoms with Crippen molar-refractivity contribution in [1.29, 1.82) is 5.26 Å². The lowest BCUT2D eigenvalue weighted by atomic mass is 10.2. The quantitative estimate of drug-likeness (QED) is 0.793. The van der Waals surface area contributed by atoms with Crippen molar-refractivity contribution in [3.63, 3.8) is 0 Å². The normalized spacial score (nSPS) is 10.7. The van der Waals surface area contributed by atoms with E-state index < -0.39 is 0 Å². The Balaban J connectivity index is 2.24. The van der Waals surface area contributed by atoms with Gasteiger partial charge in [0, 0.05) is 11.9 Å². The molecule has 18 heavy (non-hydrogen) atoms. The number of H-pyrrole nitrogens is 1. The molecule has 6 nitrogen and oxygen atoms in total. The molecule has 0 saturated carbocycles. The lowest BCUT2D eigenvalue weighted by molar-refractivity contribution is 0.881. The summed E-state index contributed by atoms with van der Waals surface area (Å²) in [6, 6.07) is 9.61. The smallest absolute Gasteiger partial charge is 0.216 e. The molecule has 0 bridgehead atoms. The maximum atomic E-state index is 9.00. The minimum atomic E-state index is 0.251. The van der Waals surface area contributed by atoms with Crippen LogP contribution in [0.25, 0.3) is 11.6 Å². The van der Waals surface area contributed by atoms with Crippen LogP contribution in [0.1, 0.15) is 11.4 Å². The minimum absolute atomic E-state index is 0.251. The summed E-state index contributed by atoms with van der Waals surface area (Å²) in [6.07, 6.45) is 3.27. The summed E-state index contributed by atoms with van der Waals surface area (Å²) in [7, 11) is 0. The first kappa shape index (κ1) is 11.5. The van der Waals surface area contributed by atoms with E-state index >= 15 is 0 Å². The van der Waals surface area contributed by atoms with E-state index in [1.54, 1.807) is 6.08 Å². The molecule has 6 heteroatoms. The molecule has 0 spiro atoms. The number of nitrogens with one attached hydrogen (secondary N) is 2. The van der Waals surface area contributed by atoms with Crippen molar-refractivity contribution in [1.82, 2.24) is 20.6 Å². The highest BCUT2D eigenvalue weighted by atomic mass is 15.5. The van der Waals surface area contributed by atoms with Gasteiger partial charge in [-0.25, -0.2) is 0 Å². The number of aromatic nitrogens is 4. The number of nitrogens with zero attached hydrogens (tertiary/aromatic N) is 4. The zero-order valence-electron chi connectivity index (χ0n) is 9.46. The van der Waals surface area contributed by atoms with Crippen LogP contribution in [-0.4, -0.2) is 20.6 Å². The largest absolute Gasteiger partial charge is 0.360 e. The van der Waals surface area contributed by atoms with Crippen LogP contribution in [0, 0.1) is 11.3 Å². The minimum Gasteiger partial charge on any atom is -0.360 e. The Morgan fingerprint density at radius 2 is 2.28 bits per heavy atom. The highest BCUT2D eigenvalue weighted by molar-refractivity contribution is 5.75. The first-order chi connectivity index (χ1) is 8.85. The number of tetrazole rings is 1. The molecule has 2 aromatic rings. The molecule has 2 rings (SSSR count). The number of nitriles is 1. The van der Waals surface area contributed by atoms with Gasteiger partial charge >= 0.3 is 0 Å². The summed E-state index contributed by atoms with van der Waals surface area (Å²) in [5.74, 6) is 0.251. The second kappa shape index (κ2) is 5.41. The van der Waals surface area contributed by atoms with Crippen LogP contribution in [0.2, 0.25) is 0 Å². The van der Waals surface area contributed by atoms with Gasteiger partial charge in [0.25, 0.3) is 0 Å². The number of hydrogen-bond donors (Lipinski definition) is 2. The topological polar surface area (TPSA) is 90.3 Å². The Bertz CT molecular complexity index is 606. The molecular formula is C12H10N6. The molecule has 0 amide bonds. The number of benzene rings is 1. The van der Waals surface area contributed by atoms with Gasteiger partial charge in [0.1, 0.15) is 11.6 Å². The Morgan fingerprint density at radius 1 is 1.44 bits per heavy atom. The SMILES string of the molecule is C=Cc1ccccc1NC=C(C#N)c1nn[nH]n1. The van der Waals surface area contributed by atoms with Crippen LogP contribution in [0.3, 0.4) is 0 Å². The second-order valence-electron chi connectivity index (χ2n) is 3.34. The fraction of sp³-hybridized carbons (Fsp3) is 0. The first-order valence-electron chi connectivity index (χ1n) is 5.17. The molecule has 88 valence electrons. The lowest BCUT2D eigenvalue weighted by Crippen LogP contribution is -1.94. The van der Waals surface area contributed by atoms with Gasteiger partial charge in [0.2, 0.25) is 5.82 Å². The number of anilines is 1. The molecule has 0 aliphatic heterocycles. The van der Waals surface area contributed by atoms with Gasteiger partial charge in [-0.3, -0.25) is 0 Å². The maximum absolute atomic E-state index is 9.00. The van der Waals surface area contributed by atoms with E-state index in [1.807, 2.05) is 30.3 Å². The number of aromatic amines is 1. The van der Waals surface area contributed by atoms with E-state index in [0.717, 1.165) is 11.3 Å². The lowest BCUT2D eigenvalue weighted by Gasteiger charge is -2.04. The molecule has 1 aromatic carbocycles. The van der Waals surface area contributed by atoms with Gasteiger partial charge in [-0.1, -0.05) is 30.9 Å². The molecule has 0 unspecified atom stereocenters. The standard InChI is InChI=1S/C12H10N6/c1-2-9-5-3-4-6-11(9)14-8-10(7-13)12-15-17-18-16-12/h2-6,8,14H,1H2,(H,15,16,17,18). The van der Waals surface area contributed by atoms with Crippen molar-refractivity contribution in [2.24, 2.45) is 0 Å². The third-order valence-corrected chi connectivity index (χ3v) is 2.26. The molecule has 0 aliphatic rings. The van der Waals surface area contributed by atoms with E-state index in [-0.39, 0.29) is 5.82 Å². The van der Waals surface area contributed by atoms with Gasteiger partial charge in [-0.15, -0.1) is 10.2 Å². The molecular weight excluding hydrogens is 228 g/mol. The summed E-state index contributed by atoms with van der Waals surface area (Å²) >= 11 is 0. The Hall–Kier alpha value is -2.94. The van der Waals surface area contributed by atoms with Gasteiger partial charge < -0.3 is 5.32 Å². The van der Waals surface area contributed by atoms with Crippen LogP contribution in [0.15, 0.2) is 37.0 Å². The number of para-hydroxylation sites is 1. The van der Waals surface area contributed by atoms with Crippen LogP contribution in [-0.2, 0) is 0 Å². The predicted octanol–water partition coefficient (Wildman–Crippen LogP) is 1.82. The number of allylic oxidation sites excluding steroid dienone is 1. The van der Waals surface area contributed by atoms with Crippen molar-refractivity contribution < 1.29 is 0 Å². The van der Waals surface area contributed by atoms with Crippen LogP contribution < -0.4 is 5.32 Å². The summed E-state index contributed by atoms with van der Waals surface area (Å²) < 4.78 is 0. The van der Waals surface area contributed by atoms with E-state index in [2.05, 4.69) is 32.5 Å². The molecule has 0 fully saturated rings. The average Bonchev–Trinajstić information content (AvgIpc) is 2.94. The van der Waals surface area contributed by atoms with Gasteiger partial charge in [-0.2, -0.15) is 10.5 Å². The summed E-state index contributed by atoms with van der Waals surface area (Å²) in [4.78, 5) is 0. The molecule has 0 aliphatic carbocycles. The Kier molecular flexibility index (Phi) is 3.47. The average molecular weight is 238 g/mol. The third kappa shape index (κ3) is 2.41. The summed E-state index contributed by atoms with van der Waals surface area (Å²) in [5.41, 5.74) is 2.09. The van der Waals surface area contributed by atoms with E-state index in [4.69, 9.17) is 5.26 Å². The van der Waals surface area contributed by atoms with Crippen molar-refractivity contribution in [3.05, 3.63) is 48.4 Å². The molecule has 0 radical (unpaired) electrons. The fourth-order valence-electron chi connectivity index (χ4n) is 1.38. The first-order valence-corrected chi connectivity index (χ1v) is 5.17. The van der Waals surface area contributed by atoms with Gasteiger partial charge in [0.15, 0.2) is 0 Å². The zero-order valence-corrected chi connectivity index (χ0v) is 9.46. The van der Waals surface area contributed by atoms with E-state index in [9.17, 15) is 0 Å². The van der Waals surface area contributed by atoms with Crippen LogP contribution in [0.4, 0.5) is 5.69 Å². The third-order valence-electron chi connectivity index (χ3n) is 2.26. The van der Waals surface area contributed by atoms with Crippen molar-refractivity contribution >= 4 is 17.3 Å². The predicted molar refractivity (Wildman–Crippen MR) is 67.9 cm³/mol. The molecule has 0 saturated heterocycles. The number of hydrogen-bond acceptors (Lipinski definition) is 5. The monoisotopic (exact) mass is 238 g/mol. The summed E-state index contributed by atoms with van der Waals surface area (Å²) in [6.45, 7) is 3.72. The highest BCUT2D eigenvalue weighted by Gasteiger charge is 2.05. The number of rotatable bonds is 4. The summed E-state index contributed by atoms with van der Waals surface area (Å²) in [5, 5.41) is 25.2. The maximum Gasteiger partial charge on any atom is 0.216 e. The van der Waals surface area contributed by atoms with E-state index in [0.29, 0.717) is 5.57 Å². The Labute approximate surface area is 104 Å². The highest BCUT2D eigenvalue weighted by Crippen LogP contribution is 2.17. The van der Waals surface area contributed by atoms with Gasteiger partial charge in [-0.05, 0) is 16.8 Å². The zero-order chi connectivity index (χ0) is 12.8. The molecule has 0 atom stereocenters. The molecule has 1 aromatic heterocycles.